The average molecular weight is 267 g/mol. The van der Waals surface area contributed by atoms with Crippen LogP contribution in [0.4, 0.5) is 0 Å². The van der Waals surface area contributed by atoms with Gasteiger partial charge in [0.1, 0.15) is 0 Å². The molecule has 1 atom stereocenters. The molecule has 2 rings (SSSR count). The average Bonchev–Trinajstić information content (AvgIpc) is 2.79. The Morgan fingerprint density at radius 1 is 1.22 bits per heavy atom. The lowest BCUT2D eigenvalue weighted by Crippen LogP contribution is -2.29. The molecule has 0 saturated carbocycles. The van der Waals surface area contributed by atoms with Crippen LogP contribution in [0.25, 0.3) is 0 Å². The molecule has 1 aliphatic heterocycles. The van der Waals surface area contributed by atoms with Crippen LogP contribution in [0.3, 0.4) is 0 Å². The van der Waals surface area contributed by atoms with Crippen LogP contribution < -0.4 is 0 Å². The van der Waals surface area contributed by atoms with E-state index in [1.54, 1.807) is 16.4 Å². The van der Waals surface area contributed by atoms with E-state index in [-0.39, 0.29) is 0 Å². The van der Waals surface area contributed by atoms with Gasteiger partial charge in [-0.2, -0.15) is 4.31 Å². The Bertz CT molecular complexity index is 505. The highest BCUT2D eigenvalue weighted by Gasteiger charge is 2.33. The van der Waals surface area contributed by atoms with Crippen LogP contribution >= 0.6 is 0 Å². The Morgan fingerprint density at radius 3 is 2.33 bits per heavy atom. The van der Waals surface area contributed by atoms with Gasteiger partial charge in [-0.25, -0.2) is 8.42 Å². The van der Waals surface area contributed by atoms with Crippen LogP contribution in [0.15, 0.2) is 29.2 Å². The Kier molecular flexibility index (Phi) is 3.78. The second-order valence-corrected chi connectivity index (χ2v) is 7.41. The zero-order chi connectivity index (χ0) is 13.3. The summed E-state index contributed by atoms with van der Waals surface area (Å²) >= 11 is 0. The summed E-state index contributed by atoms with van der Waals surface area (Å²) in [4.78, 5) is 0.414. The fraction of sp³-hybridized carbons (Fsp3) is 0.571. The second kappa shape index (κ2) is 5.02. The molecule has 0 N–H and O–H groups in total. The highest BCUT2D eigenvalue weighted by Crippen LogP contribution is 2.28. The van der Waals surface area contributed by atoms with E-state index in [1.807, 2.05) is 19.1 Å². The van der Waals surface area contributed by atoms with E-state index in [2.05, 4.69) is 13.8 Å². The molecule has 1 aromatic rings. The van der Waals surface area contributed by atoms with E-state index < -0.39 is 10.0 Å². The normalized spacial score (nSPS) is 21.7. The van der Waals surface area contributed by atoms with E-state index in [1.165, 1.54) is 0 Å². The molecule has 1 heterocycles. The van der Waals surface area contributed by atoms with E-state index in [4.69, 9.17) is 0 Å². The van der Waals surface area contributed by atoms with Crippen molar-refractivity contribution in [3.8, 4) is 0 Å². The van der Waals surface area contributed by atoms with Gasteiger partial charge in [-0.15, -0.1) is 0 Å². The first kappa shape index (κ1) is 13.6. The van der Waals surface area contributed by atoms with Gasteiger partial charge in [0, 0.05) is 13.1 Å². The quantitative estimate of drug-likeness (QED) is 0.844. The molecule has 0 unspecified atom stereocenters. The summed E-state index contributed by atoms with van der Waals surface area (Å²) in [7, 11) is -3.29. The first-order valence-corrected chi connectivity index (χ1v) is 7.92. The van der Waals surface area contributed by atoms with Crippen molar-refractivity contribution in [2.24, 2.45) is 11.8 Å². The molecule has 0 bridgehead atoms. The minimum absolute atomic E-state index is 0.414. The smallest absolute Gasteiger partial charge is 0.207 e. The fourth-order valence-electron chi connectivity index (χ4n) is 2.38. The van der Waals surface area contributed by atoms with Crippen LogP contribution in [0.5, 0.6) is 0 Å². The van der Waals surface area contributed by atoms with Gasteiger partial charge in [-0.3, -0.25) is 0 Å². The summed E-state index contributed by atoms with van der Waals surface area (Å²) in [6.07, 6.45) is 0.975. The lowest BCUT2D eigenvalue weighted by Gasteiger charge is -2.18. The summed E-state index contributed by atoms with van der Waals surface area (Å²) in [6, 6.07) is 7.10. The monoisotopic (exact) mass is 267 g/mol. The molecule has 0 aliphatic carbocycles. The summed E-state index contributed by atoms with van der Waals surface area (Å²) in [5.41, 5.74) is 1.08. The SMILES string of the molecule is Cc1ccc(S(=O)(=O)N2CC[C@@H](C(C)C)C2)cc1. The number of aryl methyl sites for hydroxylation is 1. The predicted octanol–water partition coefficient (Wildman–Crippen LogP) is 2.66. The Labute approximate surface area is 110 Å². The van der Waals surface area contributed by atoms with Crippen LogP contribution in [-0.2, 0) is 10.0 Å². The number of hydrogen-bond acceptors (Lipinski definition) is 2. The van der Waals surface area contributed by atoms with Crippen LogP contribution in [-0.4, -0.2) is 25.8 Å². The highest BCUT2D eigenvalue weighted by atomic mass is 32.2. The molecule has 100 valence electrons. The fourth-order valence-corrected chi connectivity index (χ4v) is 3.89. The van der Waals surface area contributed by atoms with Gasteiger partial charge in [-0.1, -0.05) is 31.5 Å². The van der Waals surface area contributed by atoms with Gasteiger partial charge in [0.2, 0.25) is 10.0 Å². The Hall–Kier alpha value is -0.870. The van der Waals surface area contributed by atoms with Crippen molar-refractivity contribution in [3.63, 3.8) is 0 Å². The minimum atomic E-state index is -3.29. The predicted molar refractivity (Wildman–Crippen MR) is 72.9 cm³/mol. The van der Waals surface area contributed by atoms with Crippen molar-refractivity contribution < 1.29 is 8.42 Å². The summed E-state index contributed by atoms with van der Waals surface area (Å²) in [6.45, 7) is 7.59. The van der Waals surface area contributed by atoms with Gasteiger partial charge in [0.05, 0.1) is 4.90 Å². The lowest BCUT2D eigenvalue weighted by atomic mass is 9.96. The Morgan fingerprint density at radius 2 is 1.83 bits per heavy atom. The maximum atomic E-state index is 12.4. The maximum absolute atomic E-state index is 12.4. The second-order valence-electron chi connectivity index (χ2n) is 5.47. The van der Waals surface area contributed by atoms with Gasteiger partial charge >= 0.3 is 0 Å². The molecule has 0 amide bonds. The molecule has 1 aliphatic rings. The highest BCUT2D eigenvalue weighted by molar-refractivity contribution is 7.89. The van der Waals surface area contributed by atoms with Gasteiger partial charge in [-0.05, 0) is 37.3 Å². The van der Waals surface area contributed by atoms with Crippen molar-refractivity contribution in [1.29, 1.82) is 0 Å². The van der Waals surface area contributed by atoms with E-state index in [9.17, 15) is 8.42 Å². The van der Waals surface area contributed by atoms with Crippen molar-refractivity contribution in [2.45, 2.75) is 32.1 Å². The summed E-state index contributed by atoms with van der Waals surface area (Å²) < 4.78 is 26.5. The topological polar surface area (TPSA) is 37.4 Å². The van der Waals surface area contributed by atoms with Crippen molar-refractivity contribution in [2.75, 3.05) is 13.1 Å². The molecule has 18 heavy (non-hydrogen) atoms. The molecular formula is C14H21NO2S. The number of rotatable bonds is 3. The van der Waals surface area contributed by atoms with Gasteiger partial charge in [0.25, 0.3) is 0 Å². The van der Waals surface area contributed by atoms with Crippen molar-refractivity contribution in [1.82, 2.24) is 4.31 Å². The molecule has 0 aromatic heterocycles. The zero-order valence-electron chi connectivity index (χ0n) is 11.3. The summed E-state index contributed by atoms with van der Waals surface area (Å²) in [5, 5.41) is 0. The first-order chi connectivity index (χ1) is 8.41. The number of benzene rings is 1. The minimum Gasteiger partial charge on any atom is -0.207 e. The molecule has 0 spiro atoms. The zero-order valence-corrected chi connectivity index (χ0v) is 12.1. The third-order valence-corrected chi connectivity index (χ3v) is 5.67. The van der Waals surface area contributed by atoms with E-state index >= 15 is 0 Å². The molecule has 1 aromatic carbocycles. The molecular weight excluding hydrogens is 246 g/mol. The third kappa shape index (κ3) is 2.59. The van der Waals surface area contributed by atoms with Crippen molar-refractivity contribution >= 4 is 10.0 Å². The number of sulfonamides is 1. The standard InChI is InChI=1S/C14H21NO2S/c1-11(2)13-8-9-15(10-13)18(16,17)14-6-4-12(3)5-7-14/h4-7,11,13H,8-10H2,1-3H3/t13-/m1/s1. The van der Waals surface area contributed by atoms with Crippen molar-refractivity contribution in [3.05, 3.63) is 29.8 Å². The van der Waals surface area contributed by atoms with Crippen LogP contribution in [0.1, 0.15) is 25.8 Å². The van der Waals surface area contributed by atoms with E-state index in [0.717, 1.165) is 12.0 Å². The third-order valence-electron chi connectivity index (χ3n) is 3.79. The number of hydrogen-bond donors (Lipinski definition) is 0. The Balaban J connectivity index is 2.20. The van der Waals surface area contributed by atoms with Crippen LogP contribution in [0, 0.1) is 18.8 Å². The lowest BCUT2D eigenvalue weighted by molar-refractivity contribution is 0.388. The first-order valence-electron chi connectivity index (χ1n) is 6.48. The molecule has 1 fully saturated rings. The van der Waals surface area contributed by atoms with Gasteiger partial charge in [0.15, 0.2) is 0 Å². The maximum Gasteiger partial charge on any atom is 0.243 e. The number of nitrogens with zero attached hydrogens (tertiary/aromatic N) is 1. The molecule has 4 heteroatoms. The molecule has 0 radical (unpaired) electrons. The summed E-state index contributed by atoms with van der Waals surface area (Å²) in [5.74, 6) is 1.04. The van der Waals surface area contributed by atoms with Gasteiger partial charge < -0.3 is 0 Å². The molecule has 1 saturated heterocycles. The van der Waals surface area contributed by atoms with Crippen LogP contribution in [0.2, 0.25) is 0 Å². The van der Waals surface area contributed by atoms with E-state index in [0.29, 0.717) is 29.8 Å². The molecule has 3 nitrogen and oxygen atoms in total. The largest absolute Gasteiger partial charge is 0.243 e.